The Balaban J connectivity index is 2.63. The minimum atomic E-state index is -0.945. The zero-order valence-corrected chi connectivity index (χ0v) is 10.4. The highest BCUT2D eigenvalue weighted by atomic mass is 35.5. The SMILES string of the molecule is C[C@@H](O)c1ccc(OCC(=O)NC(N)=O)c(Cl)c1. The predicted octanol–water partition coefficient (Wildman–Crippen LogP) is 0.967. The molecule has 0 radical (unpaired) electrons. The van der Waals surface area contributed by atoms with Crippen molar-refractivity contribution in [1.29, 1.82) is 0 Å². The van der Waals surface area contributed by atoms with E-state index in [1.54, 1.807) is 13.0 Å². The number of benzene rings is 1. The molecule has 98 valence electrons. The Hall–Kier alpha value is -1.79. The van der Waals surface area contributed by atoms with Gasteiger partial charge in [0.15, 0.2) is 6.61 Å². The lowest BCUT2D eigenvalue weighted by molar-refractivity contribution is -0.121. The summed E-state index contributed by atoms with van der Waals surface area (Å²) in [5.74, 6) is -0.390. The van der Waals surface area contributed by atoms with Crippen LogP contribution in [0.5, 0.6) is 5.75 Å². The fourth-order valence-electron chi connectivity index (χ4n) is 1.21. The second kappa shape index (κ2) is 6.23. The van der Waals surface area contributed by atoms with Crippen LogP contribution in [0.1, 0.15) is 18.6 Å². The molecule has 4 N–H and O–H groups in total. The second-order valence-electron chi connectivity index (χ2n) is 3.57. The van der Waals surface area contributed by atoms with Crippen LogP contribution in [0.2, 0.25) is 5.02 Å². The number of carbonyl (C=O) groups is 2. The van der Waals surface area contributed by atoms with Crippen LogP contribution in [0.3, 0.4) is 0 Å². The molecule has 0 fully saturated rings. The van der Waals surface area contributed by atoms with Gasteiger partial charge >= 0.3 is 6.03 Å². The number of nitrogens with two attached hydrogens (primary N) is 1. The van der Waals surface area contributed by atoms with E-state index in [9.17, 15) is 14.7 Å². The van der Waals surface area contributed by atoms with E-state index in [-0.39, 0.29) is 17.4 Å². The second-order valence-corrected chi connectivity index (χ2v) is 3.97. The molecule has 0 aliphatic rings. The molecule has 1 aromatic carbocycles. The third-order valence-electron chi connectivity index (χ3n) is 2.06. The van der Waals surface area contributed by atoms with Gasteiger partial charge in [0.25, 0.3) is 5.91 Å². The molecule has 0 spiro atoms. The monoisotopic (exact) mass is 272 g/mol. The number of aliphatic hydroxyl groups excluding tert-OH is 1. The molecule has 3 amide bonds. The van der Waals surface area contributed by atoms with Gasteiger partial charge in [0, 0.05) is 0 Å². The lowest BCUT2D eigenvalue weighted by Gasteiger charge is -2.10. The van der Waals surface area contributed by atoms with Crippen molar-refractivity contribution in [3.05, 3.63) is 28.8 Å². The van der Waals surface area contributed by atoms with Crippen molar-refractivity contribution in [1.82, 2.24) is 5.32 Å². The molecule has 1 atom stereocenters. The first-order valence-electron chi connectivity index (χ1n) is 5.09. The van der Waals surface area contributed by atoms with Gasteiger partial charge in [0.1, 0.15) is 5.75 Å². The molecule has 1 rings (SSSR count). The van der Waals surface area contributed by atoms with E-state index < -0.39 is 18.0 Å². The summed E-state index contributed by atoms with van der Waals surface area (Å²) in [5.41, 5.74) is 5.40. The number of halogens is 1. The van der Waals surface area contributed by atoms with E-state index in [2.05, 4.69) is 0 Å². The summed E-state index contributed by atoms with van der Waals surface area (Å²) in [6.45, 7) is 1.23. The molecule has 0 saturated heterocycles. The highest BCUT2D eigenvalue weighted by Gasteiger charge is 2.09. The minimum Gasteiger partial charge on any atom is -0.482 e. The molecule has 0 aliphatic carbocycles. The highest BCUT2D eigenvalue weighted by molar-refractivity contribution is 6.32. The number of imide groups is 1. The van der Waals surface area contributed by atoms with E-state index in [1.807, 2.05) is 5.32 Å². The third-order valence-corrected chi connectivity index (χ3v) is 2.36. The van der Waals surface area contributed by atoms with Gasteiger partial charge in [-0.25, -0.2) is 4.79 Å². The fourth-order valence-corrected chi connectivity index (χ4v) is 1.45. The molecule has 0 aromatic heterocycles. The van der Waals surface area contributed by atoms with Crippen molar-refractivity contribution >= 4 is 23.5 Å². The van der Waals surface area contributed by atoms with Crippen LogP contribution >= 0.6 is 11.6 Å². The van der Waals surface area contributed by atoms with Gasteiger partial charge in [-0.1, -0.05) is 17.7 Å². The van der Waals surface area contributed by atoms with E-state index in [4.69, 9.17) is 22.1 Å². The number of urea groups is 1. The summed E-state index contributed by atoms with van der Waals surface area (Å²) in [6, 6.07) is 3.74. The molecule has 7 heteroatoms. The smallest absolute Gasteiger partial charge is 0.318 e. The van der Waals surface area contributed by atoms with Gasteiger partial charge in [-0.2, -0.15) is 0 Å². The molecule has 18 heavy (non-hydrogen) atoms. The predicted molar refractivity (Wildman–Crippen MR) is 65.3 cm³/mol. The average molecular weight is 273 g/mol. The van der Waals surface area contributed by atoms with E-state index >= 15 is 0 Å². The van der Waals surface area contributed by atoms with E-state index in [0.717, 1.165) is 0 Å². The van der Waals surface area contributed by atoms with Crippen LogP contribution in [-0.4, -0.2) is 23.7 Å². The molecule has 0 saturated carbocycles. The van der Waals surface area contributed by atoms with Crippen molar-refractivity contribution in [2.75, 3.05) is 6.61 Å². The maximum atomic E-state index is 11.1. The van der Waals surface area contributed by atoms with Gasteiger partial charge in [-0.15, -0.1) is 0 Å². The maximum absolute atomic E-state index is 11.1. The fraction of sp³-hybridized carbons (Fsp3) is 0.273. The number of hydrogen-bond donors (Lipinski definition) is 3. The number of rotatable bonds is 4. The molecule has 0 unspecified atom stereocenters. The third kappa shape index (κ3) is 4.23. The van der Waals surface area contributed by atoms with E-state index in [0.29, 0.717) is 5.56 Å². The molecule has 1 aromatic rings. The first-order valence-corrected chi connectivity index (χ1v) is 5.47. The Kier molecular flexibility index (Phi) is 4.94. The topological polar surface area (TPSA) is 102 Å². The van der Waals surface area contributed by atoms with Crippen molar-refractivity contribution < 1.29 is 19.4 Å². The number of hydrogen-bond acceptors (Lipinski definition) is 4. The number of aliphatic hydroxyl groups is 1. The molecular weight excluding hydrogens is 260 g/mol. The van der Waals surface area contributed by atoms with E-state index in [1.165, 1.54) is 12.1 Å². The van der Waals surface area contributed by atoms with Crippen molar-refractivity contribution in [2.45, 2.75) is 13.0 Å². The Morgan fingerprint density at radius 3 is 2.72 bits per heavy atom. The summed E-state index contributed by atoms with van der Waals surface area (Å²) in [4.78, 5) is 21.5. The zero-order valence-electron chi connectivity index (χ0n) is 9.64. The lowest BCUT2D eigenvalue weighted by Crippen LogP contribution is -2.38. The average Bonchev–Trinajstić information content (AvgIpc) is 2.26. The van der Waals surface area contributed by atoms with Gasteiger partial charge in [-0.05, 0) is 24.6 Å². The first-order chi connectivity index (χ1) is 8.40. The largest absolute Gasteiger partial charge is 0.482 e. The molecule has 0 heterocycles. The van der Waals surface area contributed by atoms with Crippen LogP contribution < -0.4 is 15.8 Å². The normalized spacial score (nSPS) is 11.7. The van der Waals surface area contributed by atoms with Gasteiger partial charge in [-0.3, -0.25) is 10.1 Å². The molecular formula is C11H13ClN2O4. The summed E-state index contributed by atoms with van der Waals surface area (Å²) in [5, 5.41) is 11.5. The quantitative estimate of drug-likeness (QED) is 0.760. The van der Waals surface area contributed by atoms with Crippen LogP contribution in [0, 0.1) is 0 Å². The van der Waals surface area contributed by atoms with Crippen LogP contribution in [0.25, 0.3) is 0 Å². The number of ether oxygens (including phenoxy) is 1. The van der Waals surface area contributed by atoms with Gasteiger partial charge in [0.2, 0.25) is 0 Å². The number of amides is 3. The van der Waals surface area contributed by atoms with Crippen molar-refractivity contribution in [3.8, 4) is 5.75 Å². The summed E-state index contributed by atoms with van der Waals surface area (Å²) in [6.07, 6.45) is -0.644. The maximum Gasteiger partial charge on any atom is 0.318 e. The van der Waals surface area contributed by atoms with Crippen LogP contribution in [0.4, 0.5) is 4.79 Å². The Morgan fingerprint density at radius 2 is 2.22 bits per heavy atom. The lowest BCUT2D eigenvalue weighted by atomic mass is 10.1. The Labute approximate surface area is 109 Å². The van der Waals surface area contributed by atoms with Crippen LogP contribution in [-0.2, 0) is 4.79 Å². The summed E-state index contributed by atoms with van der Waals surface area (Å²) in [7, 11) is 0. The summed E-state index contributed by atoms with van der Waals surface area (Å²) < 4.78 is 5.10. The molecule has 0 bridgehead atoms. The van der Waals surface area contributed by atoms with Crippen molar-refractivity contribution in [3.63, 3.8) is 0 Å². The first kappa shape index (κ1) is 14.3. The molecule has 0 aliphatic heterocycles. The Morgan fingerprint density at radius 1 is 1.56 bits per heavy atom. The number of carbonyl (C=O) groups excluding carboxylic acids is 2. The summed E-state index contributed by atoms with van der Waals surface area (Å²) >= 11 is 5.90. The number of primary amides is 1. The highest BCUT2D eigenvalue weighted by Crippen LogP contribution is 2.27. The van der Waals surface area contributed by atoms with Crippen LogP contribution in [0.15, 0.2) is 18.2 Å². The Bertz CT molecular complexity index is 462. The standard InChI is InChI=1S/C11H13ClN2O4/c1-6(15)7-2-3-9(8(12)4-7)18-5-10(16)14-11(13)17/h2-4,6,15H,5H2,1H3,(H3,13,14,16,17)/t6-/m1/s1. The van der Waals surface area contributed by atoms with Gasteiger partial charge < -0.3 is 15.6 Å². The molecule has 6 nitrogen and oxygen atoms in total. The van der Waals surface area contributed by atoms with Gasteiger partial charge in [0.05, 0.1) is 11.1 Å². The minimum absolute atomic E-state index is 0.264. The van der Waals surface area contributed by atoms with Crippen molar-refractivity contribution in [2.24, 2.45) is 5.73 Å². The number of nitrogens with one attached hydrogen (secondary N) is 1. The zero-order chi connectivity index (χ0) is 13.7.